The van der Waals surface area contributed by atoms with Crippen LogP contribution in [0.25, 0.3) is 22.3 Å². The highest BCUT2D eigenvalue weighted by Gasteiger charge is 2.33. The normalized spacial score (nSPS) is 16.0. The number of halogens is 4. The predicted molar refractivity (Wildman–Crippen MR) is 153 cm³/mol. The van der Waals surface area contributed by atoms with E-state index in [-0.39, 0.29) is 18.4 Å². The molecule has 4 aromatic rings. The van der Waals surface area contributed by atoms with Gasteiger partial charge in [0.15, 0.2) is 0 Å². The van der Waals surface area contributed by atoms with E-state index in [1.807, 2.05) is 48.5 Å². The van der Waals surface area contributed by atoms with Gasteiger partial charge in [0, 0.05) is 28.4 Å². The first-order valence-electron chi connectivity index (χ1n) is 13.6. The van der Waals surface area contributed by atoms with E-state index in [2.05, 4.69) is 17.7 Å². The third kappa shape index (κ3) is 5.68. The standard InChI is InChI=1S/C33H31ClF3NO2/c1-2-7-30(22-12-14-24(15-13-22)33(35,36)37)38-20-29(27-11-6-10-23(32(27)38)18-31(39)40)26-17-16-25(34)19-28(26)21-8-4-3-5-9-21/h3-5,8-9,12-17,19-20,23,30H,2,6-7,10-11,18H2,1H3,(H,39,40). The molecule has 0 bridgehead atoms. The molecule has 0 spiro atoms. The zero-order valence-electron chi connectivity index (χ0n) is 22.2. The van der Waals surface area contributed by atoms with Crippen LogP contribution in [0.15, 0.2) is 79.0 Å². The molecule has 0 saturated carbocycles. The summed E-state index contributed by atoms with van der Waals surface area (Å²) in [5.41, 5.74) is 6.22. The Morgan fingerprint density at radius 2 is 1.75 bits per heavy atom. The zero-order chi connectivity index (χ0) is 28.4. The van der Waals surface area contributed by atoms with Crippen molar-refractivity contribution in [3.8, 4) is 22.3 Å². The Labute approximate surface area is 237 Å². The third-order valence-electron chi connectivity index (χ3n) is 7.85. The molecular weight excluding hydrogens is 535 g/mol. The maximum atomic E-state index is 13.3. The van der Waals surface area contributed by atoms with Gasteiger partial charge in [-0.1, -0.05) is 73.5 Å². The monoisotopic (exact) mass is 565 g/mol. The number of aliphatic carboxylic acids is 1. The highest BCUT2D eigenvalue weighted by molar-refractivity contribution is 6.31. The lowest BCUT2D eigenvalue weighted by Crippen LogP contribution is -2.20. The van der Waals surface area contributed by atoms with E-state index in [1.54, 1.807) is 12.1 Å². The largest absolute Gasteiger partial charge is 0.481 e. The number of alkyl halides is 3. The van der Waals surface area contributed by atoms with Crippen LogP contribution in [0.3, 0.4) is 0 Å². The number of carboxylic acids is 1. The van der Waals surface area contributed by atoms with Gasteiger partial charge in [-0.25, -0.2) is 0 Å². The van der Waals surface area contributed by atoms with Crippen molar-refractivity contribution in [3.05, 3.63) is 106 Å². The number of hydrogen-bond donors (Lipinski definition) is 1. The van der Waals surface area contributed by atoms with Gasteiger partial charge in [-0.15, -0.1) is 0 Å². The van der Waals surface area contributed by atoms with E-state index in [0.717, 1.165) is 76.9 Å². The van der Waals surface area contributed by atoms with E-state index in [0.29, 0.717) is 11.4 Å². The van der Waals surface area contributed by atoms with E-state index in [4.69, 9.17) is 11.6 Å². The number of benzene rings is 3. The molecule has 1 aromatic heterocycles. The van der Waals surface area contributed by atoms with Crippen LogP contribution in [0.5, 0.6) is 0 Å². The molecule has 1 N–H and O–H groups in total. The second kappa shape index (κ2) is 11.5. The van der Waals surface area contributed by atoms with Gasteiger partial charge in [0.25, 0.3) is 0 Å². The van der Waals surface area contributed by atoms with Crippen molar-refractivity contribution >= 4 is 17.6 Å². The lowest BCUT2D eigenvalue weighted by molar-refractivity contribution is -0.138. The van der Waals surface area contributed by atoms with Crippen molar-refractivity contribution in [2.75, 3.05) is 0 Å². The van der Waals surface area contributed by atoms with Crippen LogP contribution < -0.4 is 0 Å². The van der Waals surface area contributed by atoms with Gasteiger partial charge < -0.3 is 9.67 Å². The maximum absolute atomic E-state index is 13.3. The number of carbonyl (C=O) groups is 1. The van der Waals surface area contributed by atoms with Crippen molar-refractivity contribution < 1.29 is 23.1 Å². The molecule has 0 amide bonds. The smallest absolute Gasteiger partial charge is 0.416 e. The number of fused-ring (bicyclic) bond motifs is 1. The fourth-order valence-corrected chi connectivity index (χ4v) is 6.28. The predicted octanol–water partition coefficient (Wildman–Crippen LogP) is 9.78. The fourth-order valence-electron chi connectivity index (χ4n) is 6.10. The number of rotatable bonds is 8. The lowest BCUT2D eigenvalue weighted by atomic mass is 9.82. The quantitative estimate of drug-likeness (QED) is 0.231. The number of hydrogen-bond acceptors (Lipinski definition) is 1. The van der Waals surface area contributed by atoms with Crippen molar-refractivity contribution in [2.45, 2.75) is 63.6 Å². The molecule has 1 heterocycles. The third-order valence-corrected chi connectivity index (χ3v) is 8.08. The Kier molecular flexibility index (Phi) is 8.09. The summed E-state index contributed by atoms with van der Waals surface area (Å²) in [6.45, 7) is 2.05. The van der Waals surface area contributed by atoms with E-state index >= 15 is 0 Å². The molecule has 0 radical (unpaired) electrons. The Hall–Kier alpha value is -3.51. The van der Waals surface area contributed by atoms with Crippen molar-refractivity contribution in [1.29, 1.82) is 0 Å². The lowest BCUT2D eigenvalue weighted by Gasteiger charge is -2.29. The highest BCUT2D eigenvalue weighted by atomic mass is 35.5. The molecular formula is C33H31ClF3NO2. The second-order valence-electron chi connectivity index (χ2n) is 10.5. The molecule has 2 atom stereocenters. The highest BCUT2D eigenvalue weighted by Crippen LogP contribution is 2.46. The van der Waals surface area contributed by atoms with Gasteiger partial charge in [-0.05, 0) is 77.8 Å². The first-order chi connectivity index (χ1) is 19.2. The van der Waals surface area contributed by atoms with Crippen LogP contribution in [0, 0.1) is 0 Å². The average molecular weight is 566 g/mol. The first-order valence-corrected chi connectivity index (χ1v) is 14.0. The molecule has 40 heavy (non-hydrogen) atoms. The Bertz CT molecular complexity index is 1490. The summed E-state index contributed by atoms with van der Waals surface area (Å²) in [5, 5.41) is 10.4. The molecule has 7 heteroatoms. The first kappa shape index (κ1) is 28.0. The van der Waals surface area contributed by atoms with Crippen LogP contribution in [0.1, 0.15) is 73.4 Å². The Morgan fingerprint density at radius 1 is 1.02 bits per heavy atom. The minimum absolute atomic E-state index is 0.00840. The minimum Gasteiger partial charge on any atom is -0.481 e. The number of nitrogens with zero attached hydrogens (tertiary/aromatic N) is 1. The van der Waals surface area contributed by atoms with Crippen LogP contribution >= 0.6 is 11.6 Å². The van der Waals surface area contributed by atoms with Gasteiger partial charge >= 0.3 is 12.1 Å². The van der Waals surface area contributed by atoms with Crippen molar-refractivity contribution in [3.63, 3.8) is 0 Å². The number of aromatic nitrogens is 1. The molecule has 5 rings (SSSR count). The van der Waals surface area contributed by atoms with Gasteiger partial charge in [0.2, 0.25) is 0 Å². The van der Waals surface area contributed by atoms with Crippen LogP contribution in [-0.4, -0.2) is 15.6 Å². The maximum Gasteiger partial charge on any atom is 0.416 e. The molecule has 0 fully saturated rings. The van der Waals surface area contributed by atoms with E-state index in [9.17, 15) is 23.1 Å². The molecule has 1 aliphatic rings. The summed E-state index contributed by atoms with van der Waals surface area (Å²) in [7, 11) is 0. The number of carboxylic acid groups (broad SMARTS) is 1. The van der Waals surface area contributed by atoms with Crippen molar-refractivity contribution in [2.24, 2.45) is 0 Å². The Morgan fingerprint density at radius 3 is 2.40 bits per heavy atom. The van der Waals surface area contributed by atoms with Crippen LogP contribution in [0.2, 0.25) is 5.02 Å². The topological polar surface area (TPSA) is 42.2 Å². The summed E-state index contributed by atoms with van der Waals surface area (Å²) in [6, 6.07) is 21.0. The minimum atomic E-state index is -4.41. The van der Waals surface area contributed by atoms with Crippen LogP contribution in [0.4, 0.5) is 13.2 Å². The Balaban J connectivity index is 1.72. The van der Waals surface area contributed by atoms with Gasteiger partial charge in [0.05, 0.1) is 18.0 Å². The van der Waals surface area contributed by atoms with Crippen LogP contribution in [-0.2, 0) is 17.4 Å². The molecule has 2 unspecified atom stereocenters. The molecule has 208 valence electrons. The molecule has 1 aliphatic carbocycles. The van der Waals surface area contributed by atoms with Gasteiger partial charge in [-0.3, -0.25) is 4.79 Å². The molecule has 3 aromatic carbocycles. The molecule has 3 nitrogen and oxygen atoms in total. The van der Waals surface area contributed by atoms with Gasteiger partial charge in [-0.2, -0.15) is 13.2 Å². The van der Waals surface area contributed by atoms with E-state index < -0.39 is 17.7 Å². The molecule has 0 saturated heterocycles. The average Bonchev–Trinajstić information content (AvgIpc) is 3.31. The fraction of sp³-hybridized carbons (Fsp3) is 0.303. The molecule has 0 aliphatic heterocycles. The summed E-state index contributed by atoms with van der Waals surface area (Å²) in [5.74, 6) is -1.04. The summed E-state index contributed by atoms with van der Waals surface area (Å²) in [4.78, 5) is 11.9. The summed E-state index contributed by atoms with van der Waals surface area (Å²) < 4.78 is 42.1. The second-order valence-corrected chi connectivity index (χ2v) is 10.9. The SMILES string of the molecule is CCCC(c1ccc(C(F)(F)F)cc1)n1cc(-c2ccc(Cl)cc2-c2ccccc2)c2c1C(CC(=O)O)CCC2. The zero-order valence-corrected chi connectivity index (χ0v) is 23.0. The van der Waals surface area contributed by atoms with E-state index in [1.165, 1.54) is 0 Å². The summed E-state index contributed by atoms with van der Waals surface area (Å²) in [6.07, 6.45) is 1.64. The summed E-state index contributed by atoms with van der Waals surface area (Å²) >= 11 is 6.45. The van der Waals surface area contributed by atoms with Crippen molar-refractivity contribution in [1.82, 2.24) is 4.57 Å². The van der Waals surface area contributed by atoms with Gasteiger partial charge in [0.1, 0.15) is 0 Å².